The lowest BCUT2D eigenvalue weighted by Gasteiger charge is -2.08. The van der Waals surface area contributed by atoms with Crippen molar-refractivity contribution in [2.75, 3.05) is 7.11 Å². The highest BCUT2D eigenvalue weighted by Gasteiger charge is 2.15. The maximum Gasteiger partial charge on any atom is 0.192 e. The van der Waals surface area contributed by atoms with Gasteiger partial charge in [0.05, 0.1) is 12.8 Å². The number of hydrogen-bond donors (Lipinski definition) is 0. The van der Waals surface area contributed by atoms with Crippen LogP contribution in [0, 0.1) is 6.92 Å². The molecule has 0 aliphatic carbocycles. The topological polar surface area (TPSA) is 52.8 Å². The van der Waals surface area contributed by atoms with Crippen LogP contribution in [0.1, 0.15) is 11.3 Å². The Bertz CT molecular complexity index is 1130. The number of aromatic nitrogens is 4. The molecule has 0 saturated carbocycles. The Morgan fingerprint density at radius 1 is 1.07 bits per heavy atom. The fourth-order valence-electron chi connectivity index (χ4n) is 2.98. The molecular formula is C23H22N4OS2. The Hall–Kier alpha value is -2.90. The molecule has 0 aliphatic rings. The van der Waals surface area contributed by atoms with Gasteiger partial charge in [0.2, 0.25) is 0 Å². The zero-order chi connectivity index (χ0) is 20.9. The summed E-state index contributed by atoms with van der Waals surface area (Å²) in [5.74, 6) is 2.37. The van der Waals surface area contributed by atoms with Gasteiger partial charge in [0.15, 0.2) is 11.0 Å². The molecule has 7 heteroatoms. The molecule has 0 amide bonds. The van der Waals surface area contributed by atoms with Crippen LogP contribution >= 0.6 is 23.1 Å². The summed E-state index contributed by atoms with van der Waals surface area (Å²) >= 11 is 3.30. The first-order valence-corrected chi connectivity index (χ1v) is 11.4. The number of rotatable bonds is 8. The Kier molecular flexibility index (Phi) is 6.30. The number of thioether (sulfide) groups is 1. The summed E-state index contributed by atoms with van der Waals surface area (Å²) in [5.41, 5.74) is 4.44. The van der Waals surface area contributed by atoms with Gasteiger partial charge < -0.3 is 4.74 Å². The van der Waals surface area contributed by atoms with Gasteiger partial charge >= 0.3 is 0 Å². The van der Waals surface area contributed by atoms with Gasteiger partial charge in [-0.15, -0.1) is 28.1 Å². The van der Waals surface area contributed by atoms with Crippen molar-refractivity contribution in [2.24, 2.45) is 0 Å². The Balaban J connectivity index is 1.51. The third-order valence-corrected chi connectivity index (χ3v) is 6.52. The molecule has 0 N–H and O–H groups in total. The monoisotopic (exact) mass is 434 g/mol. The van der Waals surface area contributed by atoms with Gasteiger partial charge in [-0.1, -0.05) is 47.7 Å². The second-order valence-corrected chi connectivity index (χ2v) is 8.53. The van der Waals surface area contributed by atoms with Crippen LogP contribution in [-0.4, -0.2) is 26.9 Å². The number of aryl methyl sites for hydroxylation is 1. The molecule has 152 valence electrons. The lowest BCUT2D eigenvalue weighted by atomic mass is 10.2. The highest BCUT2D eigenvalue weighted by Crippen LogP contribution is 2.30. The van der Waals surface area contributed by atoms with Crippen molar-refractivity contribution >= 4 is 23.1 Å². The highest BCUT2D eigenvalue weighted by atomic mass is 32.2. The van der Waals surface area contributed by atoms with Crippen molar-refractivity contribution < 1.29 is 4.74 Å². The molecule has 2 aromatic carbocycles. The van der Waals surface area contributed by atoms with Crippen molar-refractivity contribution in [3.05, 3.63) is 77.8 Å². The molecule has 4 aromatic rings. The van der Waals surface area contributed by atoms with E-state index in [9.17, 15) is 0 Å². The van der Waals surface area contributed by atoms with Crippen LogP contribution in [0.25, 0.3) is 22.0 Å². The number of thiazole rings is 1. The summed E-state index contributed by atoms with van der Waals surface area (Å²) in [6.07, 6.45) is 1.86. The van der Waals surface area contributed by atoms with Crippen LogP contribution in [0.15, 0.2) is 71.7 Å². The van der Waals surface area contributed by atoms with Gasteiger partial charge in [-0.2, -0.15) is 0 Å². The standard InChI is InChI=1S/C23H22N4OS2/c1-4-13-27-21(17-9-11-20(28-3)12-10-17)25-26-23(27)30-15-19-14-29-22(24-19)18-7-5-16(2)6-8-18/h4-12,14H,1,13,15H2,2-3H3. The van der Waals surface area contributed by atoms with E-state index >= 15 is 0 Å². The third kappa shape index (κ3) is 4.47. The number of allylic oxidation sites excluding steroid dienone is 1. The first-order valence-electron chi connectivity index (χ1n) is 9.50. The number of benzene rings is 2. The normalized spacial score (nSPS) is 10.9. The van der Waals surface area contributed by atoms with Gasteiger partial charge in [0, 0.05) is 28.8 Å². The van der Waals surface area contributed by atoms with Crippen molar-refractivity contribution in [2.45, 2.75) is 24.4 Å². The van der Waals surface area contributed by atoms with Crippen molar-refractivity contribution in [1.29, 1.82) is 0 Å². The predicted molar refractivity (Wildman–Crippen MR) is 124 cm³/mol. The van der Waals surface area contributed by atoms with E-state index < -0.39 is 0 Å². The number of methoxy groups -OCH3 is 1. The van der Waals surface area contributed by atoms with E-state index in [0.29, 0.717) is 6.54 Å². The van der Waals surface area contributed by atoms with Crippen LogP contribution in [0.3, 0.4) is 0 Å². The lowest BCUT2D eigenvalue weighted by molar-refractivity contribution is 0.415. The van der Waals surface area contributed by atoms with Crippen LogP contribution in [-0.2, 0) is 12.3 Å². The molecule has 0 spiro atoms. The SMILES string of the molecule is C=CCn1c(SCc2csc(-c3ccc(C)cc3)n2)nnc1-c1ccc(OC)cc1. The zero-order valence-corrected chi connectivity index (χ0v) is 18.5. The second kappa shape index (κ2) is 9.28. The minimum atomic E-state index is 0.641. The summed E-state index contributed by atoms with van der Waals surface area (Å²) in [7, 11) is 1.66. The molecule has 30 heavy (non-hydrogen) atoms. The molecule has 0 aliphatic heterocycles. The molecule has 2 heterocycles. The van der Waals surface area contributed by atoms with Gasteiger partial charge in [-0.25, -0.2) is 4.98 Å². The fourth-order valence-corrected chi connectivity index (χ4v) is 4.75. The second-order valence-electron chi connectivity index (χ2n) is 6.73. The van der Waals surface area contributed by atoms with Crippen LogP contribution in [0.5, 0.6) is 5.75 Å². The van der Waals surface area contributed by atoms with Crippen LogP contribution < -0.4 is 4.74 Å². The minimum Gasteiger partial charge on any atom is -0.497 e. The molecule has 0 fully saturated rings. The summed E-state index contributed by atoms with van der Waals surface area (Å²) < 4.78 is 7.32. The van der Waals surface area contributed by atoms with E-state index in [-0.39, 0.29) is 0 Å². The van der Waals surface area contributed by atoms with E-state index in [0.717, 1.165) is 44.3 Å². The van der Waals surface area contributed by atoms with Gasteiger partial charge in [-0.3, -0.25) is 4.57 Å². The molecule has 0 bridgehead atoms. The van der Waals surface area contributed by atoms with Crippen molar-refractivity contribution in [3.8, 4) is 27.7 Å². The molecule has 5 nitrogen and oxygen atoms in total. The largest absolute Gasteiger partial charge is 0.497 e. The molecule has 4 rings (SSSR count). The Morgan fingerprint density at radius 2 is 1.80 bits per heavy atom. The number of nitrogens with zero attached hydrogens (tertiary/aromatic N) is 4. The predicted octanol–water partition coefficient (Wildman–Crippen LogP) is 5.86. The average molecular weight is 435 g/mol. The van der Waals surface area contributed by atoms with Crippen molar-refractivity contribution in [3.63, 3.8) is 0 Å². The fraction of sp³-hybridized carbons (Fsp3) is 0.174. The molecular weight excluding hydrogens is 412 g/mol. The van der Waals surface area contributed by atoms with Crippen molar-refractivity contribution in [1.82, 2.24) is 19.7 Å². The van der Waals surface area contributed by atoms with E-state index in [2.05, 4.69) is 57.9 Å². The Morgan fingerprint density at radius 3 is 2.50 bits per heavy atom. The first kappa shape index (κ1) is 20.4. The van der Waals surface area contributed by atoms with Crippen LogP contribution in [0.2, 0.25) is 0 Å². The molecule has 0 atom stereocenters. The lowest BCUT2D eigenvalue weighted by Crippen LogP contribution is -2.00. The maximum atomic E-state index is 5.25. The van der Waals surface area contributed by atoms with E-state index in [1.54, 1.807) is 30.2 Å². The summed E-state index contributed by atoms with van der Waals surface area (Å²) in [6.45, 7) is 6.62. The van der Waals surface area contributed by atoms with E-state index in [4.69, 9.17) is 9.72 Å². The van der Waals surface area contributed by atoms with E-state index in [1.807, 2.05) is 30.3 Å². The number of ether oxygens (including phenoxy) is 1. The van der Waals surface area contributed by atoms with Crippen LogP contribution in [0.4, 0.5) is 0 Å². The Labute approximate surface area is 184 Å². The first-order chi connectivity index (χ1) is 14.7. The minimum absolute atomic E-state index is 0.641. The number of hydrogen-bond acceptors (Lipinski definition) is 6. The van der Waals surface area contributed by atoms with Gasteiger partial charge in [0.25, 0.3) is 0 Å². The molecule has 2 aromatic heterocycles. The smallest absolute Gasteiger partial charge is 0.192 e. The molecule has 0 unspecified atom stereocenters. The van der Waals surface area contributed by atoms with E-state index in [1.165, 1.54) is 5.56 Å². The van der Waals surface area contributed by atoms with Gasteiger partial charge in [-0.05, 0) is 31.2 Å². The highest BCUT2D eigenvalue weighted by molar-refractivity contribution is 7.98. The summed E-state index contributed by atoms with van der Waals surface area (Å²) in [5, 5.41) is 12.8. The zero-order valence-electron chi connectivity index (χ0n) is 16.9. The maximum absolute atomic E-state index is 5.25. The average Bonchev–Trinajstić information content (AvgIpc) is 3.40. The summed E-state index contributed by atoms with van der Waals surface area (Å²) in [6, 6.07) is 16.3. The quantitative estimate of drug-likeness (QED) is 0.257. The molecule has 0 radical (unpaired) electrons. The summed E-state index contributed by atoms with van der Waals surface area (Å²) in [4.78, 5) is 4.79. The van der Waals surface area contributed by atoms with Gasteiger partial charge in [0.1, 0.15) is 10.8 Å². The third-order valence-electron chi connectivity index (χ3n) is 4.58. The molecule has 0 saturated heterocycles.